The number of hydrogen-bond donors (Lipinski definition) is 1. The number of ether oxygens (including phenoxy) is 1. The number of nitrogens with one attached hydrogen (secondary N) is 1. The van der Waals surface area contributed by atoms with Crippen molar-refractivity contribution in [2.75, 3.05) is 13.7 Å². The van der Waals surface area contributed by atoms with Gasteiger partial charge in [-0.1, -0.05) is 43.0 Å². The van der Waals surface area contributed by atoms with Crippen molar-refractivity contribution in [2.45, 2.75) is 49.5 Å². The van der Waals surface area contributed by atoms with Crippen molar-refractivity contribution in [1.29, 1.82) is 0 Å². The molecule has 0 aromatic heterocycles. The molecule has 1 aliphatic carbocycles. The Bertz CT molecular complexity index is 1110. The SMILES string of the molecule is COc1ccc(Cl)cc1C([O-])=NCCc1ccc(S(=O)(=O)NC([O-])=NC2CCCCC2)cc1. The molecule has 0 atom stereocenters. The Morgan fingerprint density at radius 2 is 1.82 bits per heavy atom. The highest BCUT2D eigenvalue weighted by Crippen LogP contribution is 2.22. The van der Waals surface area contributed by atoms with Crippen molar-refractivity contribution in [3.8, 4) is 5.75 Å². The van der Waals surface area contributed by atoms with Gasteiger partial charge in [0.15, 0.2) is 0 Å². The van der Waals surface area contributed by atoms with Gasteiger partial charge in [0.2, 0.25) is 0 Å². The summed E-state index contributed by atoms with van der Waals surface area (Å²) in [6, 6.07) is 9.84. The number of rotatable bonds is 8. The van der Waals surface area contributed by atoms with Crippen LogP contribution in [0.15, 0.2) is 57.3 Å². The molecule has 0 amide bonds. The van der Waals surface area contributed by atoms with Gasteiger partial charge >= 0.3 is 0 Å². The van der Waals surface area contributed by atoms with Gasteiger partial charge in [-0.3, -0.25) is 9.71 Å². The molecule has 0 saturated heterocycles. The van der Waals surface area contributed by atoms with E-state index in [2.05, 4.69) is 9.98 Å². The van der Waals surface area contributed by atoms with Crippen LogP contribution in [0.5, 0.6) is 5.75 Å². The van der Waals surface area contributed by atoms with E-state index in [4.69, 9.17) is 16.3 Å². The average molecular weight is 492 g/mol. The quantitative estimate of drug-likeness (QED) is 0.446. The first-order valence-corrected chi connectivity index (χ1v) is 12.6. The average Bonchev–Trinajstić information content (AvgIpc) is 2.79. The Balaban J connectivity index is 1.60. The summed E-state index contributed by atoms with van der Waals surface area (Å²) in [5, 5.41) is 24.8. The zero-order valence-corrected chi connectivity index (χ0v) is 19.9. The van der Waals surface area contributed by atoms with E-state index in [1.807, 2.05) is 4.72 Å². The van der Waals surface area contributed by atoms with E-state index in [9.17, 15) is 18.6 Å². The molecule has 1 fully saturated rings. The third-order valence-corrected chi connectivity index (χ3v) is 6.95. The van der Waals surface area contributed by atoms with Gasteiger partial charge in [-0.05, 0) is 61.1 Å². The summed E-state index contributed by atoms with van der Waals surface area (Å²) in [4.78, 5) is 7.98. The van der Waals surface area contributed by atoms with Crippen LogP contribution in [0.4, 0.5) is 0 Å². The van der Waals surface area contributed by atoms with E-state index in [0.717, 1.165) is 37.7 Å². The molecule has 2 aromatic rings. The Hall–Kier alpha value is -2.78. The van der Waals surface area contributed by atoms with Gasteiger partial charge < -0.3 is 19.9 Å². The van der Waals surface area contributed by atoms with Crippen molar-refractivity contribution in [2.24, 2.45) is 9.98 Å². The van der Waals surface area contributed by atoms with E-state index in [1.54, 1.807) is 24.3 Å². The van der Waals surface area contributed by atoms with Crippen molar-refractivity contribution >= 4 is 33.5 Å². The summed E-state index contributed by atoms with van der Waals surface area (Å²) < 4.78 is 32.1. The fourth-order valence-electron chi connectivity index (χ4n) is 3.63. The number of hydrogen-bond acceptors (Lipinski definition) is 7. The van der Waals surface area contributed by atoms with E-state index in [1.165, 1.54) is 25.3 Å². The number of benzene rings is 2. The predicted octanol–water partition coefficient (Wildman–Crippen LogP) is 2.03. The zero-order chi connectivity index (χ0) is 23.8. The Labute approximate surface area is 199 Å². The smallest absolute Gasteiger partial charge is 0.262 e. The minimum absolute atomic E-state index is 0.0323. The highest BCUT2D eigenvalue weighted by molar-refractivity contribution is 7.90. The lowest BCUT2D eigenvalue weighted by molar-refractivity contribution is -0.220. The van der Waals surface area contributed by atoms with Gasteiger partial charge in [0.05, 0.1) is 24.1 Å². The molecule has 0 bridgehead atoms. The minimum Gasteiger partial charge on any atom is -0.858 e. The van der Waals surface area contributed by atoms with Gasteiger partial charge in [0.25, 0.3) is 10.0 Å². The molecule has 0 heterocycles. The molecule has 1 N–H and O–H groups in total. The summed E-state index contributed by atoms with van der Waals surface area (Å²) >= 11 is 5.95. The Morgan fingerprint density at radius 1 is 1.12 bits per heavy atom. The van der Waals surface area contributed by atoms with Crippen LogP contribution in [0.2, 0.25) is 5.02 Å². The number of nitrogens with zero attached hydrogens (tertiary/aromatic N) is 2. The summed E-state index contributed by atoms with van der Waals surface area (Å²) in [5.41, 5.74) is 1.07. The molecular formula is C23H26ClN3O5S-2. The maximum absolute atomic E-state index is 12.5. The molecule has 3 rings (SSSR count). The van der Waals surface area contributed by atoms with Gasteiger partial charge in [-0.2, -0.15) is 0 Å². The summed E-state index contributed by atoms with van der Waals surface area (Å²) in [6.45, 7) is 0.206. The maximum atomic E-state index is 12.5. The molecule has 2 aromatic carbocycles. The Kier molecular flexibility index (Phi) is 8.57. The fraction of sp³-hybridized carbons (Fsp3) is 0.391. The first-order valence-electron chi connectivity index (χ1n) is 10.7. The molecule has 33 heavy (non-hydrogen) atoms. The number of amidine groups is 1. The highest BCUT2D eigenvalue weighted by Gasteiger charge is 2.15. The standard InChI is InChI=1S/C23H28ClN3O5S/c1-32-21-12-9-17(24)15-20(21)22(28)25-14-13-16-7-10-19(11-8-16)33(30,31)27-23(29)26-18-5-3-2-4-6-18/h7-12,15,18H,2-6,13-14H2,1H3,(H,25,28)(H2,26,27,29)/p-2. The van der Waals surface area contributed by atoms with Crippen LogP contribution in [-0.2, 0) is 16.4 Å². The summed E-state index contributed by atoms with van der Waals surface area (Å²) in [5.74, 6) is -0.0574. The van der Waals surface area contributed by atoms with E-state index >= 15 is 0 Å². The molecule has 10 heteroatoms. The Morgan fingerprint density at radius 3 is 2.48 bits per heavy atom. The summed E-state index contributed by atoms with van der Waals surface area (Å²) in [6.07, 6.45) is 5.16. The van der Waals surface area contributed by atoms with Gasteiger partial charge in [0.1, 0.15) is 5.75 Å². The fourth-order valence-corrected chi connectivity index (χ4v) is 4.70. The second kappa shape index (κ2) is 11.4. The number of halogens is 1. The van der Waals surface area contributed by atoms with Crippen LogP contribution in [0.1, 0.15) is 43.2 Å². The molecular weight excluding hydrogens is 466 g/mol. The lowest BCUT2D eigenvalue weighted by Crippen LogP contribution is -2.40. The molecule has 1 aliphatic rings. The van der Waals surface area contributed by atoms with Gasteiger partial charge in [-0.25, -0.2) is 8.42 Å². The third-order valence-electron chi connectivity index (χ3n) is 5.38. The largest absolute Gasteiger partial charge is 0.858 e. The van der Waals surface area contributed by atoms with Crippen LogP contribution in [0, 0.1) is 0 Å². The minimum atomic E-state index is -4.01. The molecule has 8 nitrogen and oxygen atoms in total. The predicted molar refractivity (Wildman–Crippen MR) is 124 cm³/mol. The topological polar surface area (TPSA) is 126 Å². The van der Waals surface area contributed by atoms with Gasteiger partial charge in [0, 0.05) is 17.1 Å². The molecule has 0 radical (unpaired) electrons. The highest BCUT2D eigenvalue weighted by atomic mass is 35.5. The summed E-state index contributed by atoms with van der Waals surface area (Å²) in [7, 11) is -2.55. The van der Waals surface area contributed by atoms with Crippen molar-refractivity contribution in [1.82, 2.24) is 4.72 Å². The van der Waals surface area contributed by atoms with Gasteiger partial charge in [-0.15, -0.1) is 0 Å². The molecule has 1 saturated carbocycles. The van der Waals surface area contributed by atoms with Crippen LogP contribution >= 0.6 is 11.6 Å². The molecule has 178 valence electrons. The van der Waals surface area contributed by atoms with E-state index in [-0.39, 0.29) is 23.0 Å². The molecule has 0 unspecified atom stereocenters. The van der Waals surface area contributed by atoms with Crippen LogP contribution in [-0.4, -0.2) is 40.0 Å². The van der Waals surface area contributed by atoms with Crippen molar-refractivity contribution in [3.63, 3.8) is 0 Å². The second-order valence-corrected chi connectivity index (χ2v) is 9.88. The monoisotopic (exact) mass is 491 g/mol. The maximum Gasteiger partial charge on any atom is 0.262 e. The van der Waals surface area contributed by atoms with Crippen LogP contribution < -0.4 is 19.7 Å². The van der Waals surface area contributed by atoms with Crippen LogP contribution in [0.3, 0.4) is 0 Å². The van der Waals surface area contributed by atoms with E-state index < -0.39 is 21.9 Å². The molecule has 0 aliphatic heterocycles. The second-order valence-electron chi connectivity index (χ2n) is 7.76. The first kappa shape index (κ1) is 24.9. The lowest BCUT2D eigenvalue weighted by atomic mass is 9.96. The third kappa shape index (κ3) is 7.10. The van der Waals surface area contributed by atoms with Crippen LogP contribution in [0.25, 0.3) is 0 Å². The van der Waals surface area contributed by atoms with E-state index in [0.29, 0.717) is 17.2 Å². The van der Waals surface area contributed by atoms with Crippen molar-refractivity contribution in [3.05, 3.63) is 58.6 Å². The number of aliphatic imine (C=N–C) groups is 2. The first-order chi connectivity index (χ1) is 15.8. The lowest BCUT2D eigenvalue weighted by Gasteiger charge is -2.21. The normalized spacial score (nSPS) is 15.9. The zero-order valence-electron chi connectivity index (χ0n) is 18.3. The van der Waals surface area contributed by atoms with Crippen molar-refractivity contribution < 1.29 is 23.4 Å². The molecule has 0 spiro atoms. The number of sulfonamides is 1. The number of methoxy groups -OCH3 is 1.